The van der Waals surface area contributed by atoms with Gasteiger partial charge in [-0.15, -0.1) is 0 Å². The first-order chi connectivity index (χ1) is 10.1. The predicted octanol–water partition coefficient (Wildman–Crippen LogP) is 3.05. The molecule has 3 nitrogen and oxygen atoms in total. The quantitative estimate of drug-likeness (QED) is 0.869. The van der Waals surface area contributed by atoms with Gasteiger partial charge in [0, 0.05) is 36.5 Å². The van der Waals surface area contributed by atoms with Gasteiger partial charge in [0.05, 0.1) is 0 Å². The van der Waals surface area contributed by atoms with E-state index >= 15 is 0 Å². The van der Waals surface area contributed by atoms with Crippen LogP contribution in [0.15, 0.2) is 30.5 Å². The first kappa shape index (κ1) is 14.1. The summed E-state index contributed by atoms with van der Waals surface area (Å²) in [6, 6.07) is 6.20. The third kappa shape index (κ3) is 3.08. The van der Waals surface area contributed by atoms with E-state index in [-0.39, 0.29) is 5.92 Å². The summed E-state index contributed by atoms with van der Waals surface area (Å²) in [5.74, 6) is -0.420. The summed E-state index contributed by atoms with van der Waals surface area (Å²) in [5, 5.41) is 0. The minimum absolute atomic E-state index is 0.265. The first-order valence-electron chi connectivity index (χ1n) is 7.08. The first-order valence-corrected chi connectivity index (χ1v) is 7.08. The van der Waals surface area contributed by atoms with Gasteiger partial charge in [0.25, 0.3) is 0 Å². The lowest BCUT2D eigenvalue weighted by Gasteiger charge is -2.16. The summed E-state index contributed by atoms with van der Waals surface area (Å²) >= 11 is 0. The minimum atomic E-state index is -0.787. The van der Waals surface area contributed by atoms with Crippen molar-refractivity contribution in [2.75, 3.05) is 13.1 Å². The van der Waals surface area contributed by atoms with Crippen LogP contribution >= 0.6 is 0 Å². The van der Waals surface area contributed by atoms with Crippen LogP contribution in [0.25, 0.3) is 0 Å². The molecule has 0 unspecified atom stereocenters. The highest BCUT2D eigenvalue weighted by Gasteiger charge is 2.26. The van der Waals surface area contributed by atoms with Crippen molar-refractivity contribution in [2.45, 2.75) is 25.8 Å². The second-order valence-corrected chi connectivity index (χ2v) is 5.49. The van der Waals surface area contributed by atoms with Gasteiger partial charge in [0.15, 0.2) is 11.6 Å². The number of nitrogens with zero attached hydrogens (tertiary/aromatic N) is 3. The fourth-order valence-corrected chi connectivity index (χ4v) is 2.76. The third-order valence-electron chi connectivity index (χ3n) is 3.88. The molecule has 1 atom stereocenters. The standard InChI is InChI=1S/C16H17F2N3/c1-11-5-7-19-16(20-11)13-6-8-21(10-13)9-12-3-2-4-14(17)15(12)18/h2-5,7,13H,6,8-10H2,1H3/t13-/m1/s1. The molecule has 1 saturated heterocycles. The summed E-state index contributed by atoms with van der Waals surface area (Å²) in [6.07, 6.45) is 2.72. The highest BCUT2D eigenvalue weighted by atomic mass is 19.2. The molecule has 1 aromatic carbocycles. The van der Waals surface area contributed by atoms with Gasteiger partial charge in [-0.25, -0.2) is 18.7 Å². The molecule has 1 aliphatic rings. The maximum Gasteiger partial charge on any atom is 0.163 e. The molecular weight excluding hydrogens is 272 g/mol. The maximum absolute atomic E-state index is 13.7. The molecule has 0 saturated carbocycles. The Morgan fingerprint density at radius 2 is 2.14 bits per heavy atom. The molecule has 1 aliphatic heterocycles. The number of hydrogen-bond donors (Lipinski definition) is 0. The van der Waals surface area contributed by atoms with Crippen LogP contribution in [0.2, 0.25) is 0 Å². The van der Waals surface area contributed by atoms with E-state index in [1.807, 2.05) is 13.0 Å². The number of aryl methyl sites for hydroxylation is 1. The molecule has 1 aromatic heterocycles. The van der Waals surface area contributed by atoms with Crippen molar-refractivity contribution in [1.29, 1.82) is 0 Å². The normalized spacial score (nSPS) is 19.1. The van der Waals surface area contributed by atoms with Crippen LogP contribution in [0.5, 0.6) is 0 Å². The van der Waals surface area contributed by atoms with Crippen LogP contribution in [0.4, 0.5) is 8.78 Å². The average Bonchev–Trinajstić information content (AvgIpc) is 2.93. The van der Waals surface area contributed by atoms with Gasteiger partial charge in [-0.05, 0) is 32.0 Å². The maximum atomic E-state index is 13.7. The Morgan fingerprint density at radius 1 is 1.29 bits per heavy atom. The van der Waals surface area contributed by atoms with Crippen LogP contribution in [0, 0.1) is 18.6 Å². The zero-order chi connectivity index (χ0) is 14.8. The van der Waals surface area contributed by atoms with Gasteiger partial charge in [-0.2, -0.15) is 0 Å². The van der Waals surface area contributed by atoms with E-state index in [2.05, 4.69) is 14.9 Å². The van der Waals surface area contributed by atoms with E-state index in [1.54, 1.807) is 18.3 Å². The highest BCUT2D eigenvalue weighted by molar-refractivity contribution is 5.19. The molecule has 5 heteroatoms. The summed E-state index contributed by atoms with van der Waals surface area (Å²) in [6.45, 7) is 3.99. The van der Waals surface area contributed by atoms with E-state index < -0.39 is 11.6 Å². The number of likely N-dealkylation sites (tertiary alicyclic amines) is 1. The smallest absolute Gasteiger partial charge is 0.163 e. The average molecular weight is 289 g/mol. The SMILES string of the molecule is Cc1ccnc([C@@H]2CCN(Cc3cccc(F)c3F)C2)n1. The molecule has 0 N–H and O–H groups in total. The van der Waals surface area contributed by atoms with Crippen LogP contribution in [-0.2, 0) is 6.54 Å². The van der Waals surface area contributed by atoms with Crippen molar-refractivity contribution in [3.8, 4) is 0 Å². The van der Waals surface area contributed by atoms with Crippen molar-refractivity contribution in [3.05, 3.63) is 59.2 Å². The summed E-state index contributed by atoms with van der Waals surface area (Å²) in [5.41, 5.74) is 1.36. The molecule has 0 spiro atoms. The molecule has 0 amide bonds. The van der Waals surface area contributed by atoms with E-state index in [9.17, 15) is 8.78 Å². The molecule has 110 valence electrons. The number of rotatable bonds is 3. The zero-order valence-corrected chi connectivity index (χ0v) is 11.9. The van der Waals surface area contributed by atoms with Gasteiger partial charge in [0.2, 0.25) is 0 Å². The van der Waals surface area contributed by atoms with Gasteiger partial charge < -0.3 is 0 Å². The van der Waals surface area contributed by atoms with Gasteiger partial charge in [-0.3, -0.25) is 4.90 Å². The lowest BCUT2D eigenvalue weighted by atomic mass is 10.1. The molecule has 1 fully saturated rings. The highest BCUT2D eigenvalue weighted by Crippen LogP contribution is 2.26. The van der Waals surface area contributed by atoms with Crippen LogP contribution < -0.4 is 0 Å². The van der Waals surface area contributed by atoms with Crippen molar-refractivity contribution >= 4 is 0 Å². The van der Waals surface area contributed by atoms with E-state index in [0.29, 0.717) is 12.1 Å². The molecule has 3 rings (SSSR count). The van der Waals surface area contributed by atoms with Crippen molar-refractivity contribution in [2.24, 2.45) is 0 Å². The van der Waals surface area contributed by atoms with Crippen LogP contribution in [-0.4, -0.2) is 28.0 Å². The third-order valence-corrected chi connectivity index (χ3v) is 3.88. The van der Waals surface area contributed by atoms with Crippen LogP contribution in [0.3, 0.4) is 0 Å². The molecule has 2 heterocycles. The van der Waals surface area contributed by atoms with Crippen molar-refractivity contribution < 1.29 is 8.78 Å². The Labute approximate surface area is 122 Å². The van der Waals surface area contributed by atoms with E-state index in [0.717, 1.165) is 37.1 Å². The number of hydrogen-bond acceptors (Lipinski definition) is 3. The largest absolute Gasteiger partial charge is 0.298 e. The number of halogens is 2. The topological polar surface area (TPSA) is 29.0 Å². The fraction of sp³-hybridized carbons (Fsp3) is 0.375. The minimum Gasteiger partial charge on any atom is -0.298 e. The second kappa shape index (κ2) is 5.85. The predicted molar refractivity (Wildman–Crippen MR) is 75.8 cm³/mol. The molecule has 0 aliphatic carbocycles. The van der Waals surface area contributed by atoms with Crippen molar-refractivity contribution in [3.63, 3.8) is 0 Å². The number of benzene rings is 1. The monoisotopic (exact) mass is 289 g/mol. The second-order valence-electron chi connectivity index (χ2n) is 5.49. The van der Waals surface area contributed by atoms with Gasteiger partial charge in [0.1, 0.15) is 5.82 Å². The summed E-state index contributed by atoms with van der Waals surface area (Å²) in [4.78, 5) is 10.9. The lowest BCUT2D eigenvalue weighted by molar-refractivity contribution is 0.317. The Bertz CT molecular complexity index is 645. The van der Waals surface area contributed by atoms with Gasteiger partial charge in [-0.1, -0.05) is 12.1 Å². The Kier molecular flexibility index (Phi) is 3.92. The zero-order valence-electron chi connectivity index (χ0n) is 11.9. The molecule has 0 radical (unpaired) electrons. The molecule has 2 aromatic rings. The molecular formula is C16H17F2N3. The lowest BCUT2D eigenvalue weighted by Crippen LogP contribution is -2.21. The van der Waals surface area contributed by atoms with E-state index in [1.165, 1.54) is 0 Å². The fourth-order valence-electron chi connectivity index (χ4n) is 2.76. The molecule has 21 heavy (non-hydrogen) atoms. The summed E-state index contributed by atoms with van der Waals surface area (Å²) < 4.78 is 26.9. The Hall–Kier alpha value is -1.88. The number of aromatic nitrogens is 2. The van der Waals surface area contributed by atoms with Crippen LogP contribution in [0.1, 0.15) is 29.4 Å². The van der Waals surface area contributed by atoms with Crippen molar-refractivity contribution in [1.82, 2.24) is 14.9 Å². The summed E-state index contributed by atoms with van der Waals surface area (Å²) in [7, 11) is 0. The Morgan fingerprint density at radius 3 is 2.95 bits per heavy atom. The van der Waals surface area contributed by atoms with Gasteiger partial charge >= 0.3 is 0 Å². The van der Waals surface area contributed by atoms with E-state index in [4.69, 9.17) is 0 Å². The molecule has 0 bridgehead atoms. The Balaban J connectivity index is 1.69.